The third-order valence-electron chi connectivity index (χ3n) is 4.99. The van der Waals surface area contributed by atoms with E-state index in [1.807, 2.05) is 41.5 Å². The Bertz CT molecular complexity index is 821. The van der Waals surface area contributed by atoms with Gasteiger partial charge < -0.3 is 9.80 Å². The molecule has 0 spiro atoms. The third-order valence-corrected chi connectivity index (χ3v) is 4.99. The molecule has 1 saturated heterocycles. The molecule has 0 aromatic carbocycles. The SMILES string of the molecule is CCc1nc2ccc(C(=O)N3CCN(C)CC3)cn2c1N(CC)C(C)=O. The van der Waals surface area contributed by atoms with E-state index in [1.54, 1.807) is 11.8 Å². The number of piperazine rings is 1. The van der Waals surface area contributed by atoms with Gasteiger partial charge in [-0.2, -0.15) is 0 Å². The van der Waals surface area contributed by atoms with Crippen molar-refractivity contribution in [3.05, 3.63) is 29.6 Å². The van der Waals surface area contributed by atoms with Gasteiger partial charge >= 0.3 is 0 Å². The number of likely N-dealkylation sites (N-methyl/N-ethyl adjacent to an activating group) is 1. The minimum absolute atomic E-state index is 0.0280. The third kappa shape index (κ3) is 3.31. The molecule has 0 radical (unpaired) electrons. The lowest BCUT2D eigenvalue weighted by Crippen LogP contribution is -2.47. The second-order valence-electron chi connectivity index (χ2n) is 6.74. The van der Waals surface area contributed by atoms with Crippen molar-refractivity contribution in [3.63, 3.8) is 0 Å². The lowest BCUT2D eigenvalue weighted by molar-refractivity contribution is -0.116. The first kappa shape index (κ1) is 18.4. The molecule has 140 valence electrons. The zero-order valence-corrected chi connectivity index (χ0v) is 16.0. The van der Waals surface area contributed by atoms with Gasteiger partial charge in [-0.25, -0.2) is 4.98 Å². The van der Waals surface area contributed by atoms with E-state index in [4.69, 9.17) is 0 Å². The molecular weight excluding hydrogens is 330 g/mol. The predicted molar refractivity (Wildman–Crippen MR) is 102 cm³/mol. The van der Waals surface area contributed by atoms with Gasteiger partial charge in [0, 0.05) is 45.8 Å². The number of carbonyl (C=O) groups is 2. The van der Waals surface area contributed by atoms with Crippen LogP contribution in [0, 0.1) is 0 Å². The van der Waals surface area contributed by atoms with Crippen LogP contribution in [0.3, 0.4) is 0 Å². The number of nitrogens with zero attached hydrogens (tertiary/aromatic N) is 5. The molecule has 3 heterocycles. The molecule has 3 rings (SSSR count). The number of rotatable bonds is 4. The average molecular weight is 357 g/mol. The smallest absolute Gasteiger partial charge is 0.255 e. The first-order chi connectivity index (χ1) is 12.5. The summed E-state index contributed by atoms with van der Waals surface area (Å²) in [6.45, 7) is 9.33. The first-order valence-electron chi connectivity index (χ1n) is 9.23. The number of amides is 2. The highest BCUT2D eigenvalue weighted by Gasteiger charge is 2.23. The molecule has 1 aliphatic rings. The Morgan fingerprint density at radius 2 is 1.85 bits per heavy atom. The number of hydrogen-bond acceptors (Lipinski definition) is 4. The molecule has 1 fully saturated rings. The van der Waals surface area contributed by atoms with Gasteiger partial charge in [-0.15, -0.1) is 0 Å². The maximum absolute atomic E-state index is 12.9. The Kier molecular flexibility index (Phi) is 5.27. The molecule has 1 aliphatic heterocycles. The maximum atomic E-state index is 12.9. The Morgan fingerprint density at radius 1 is 1.15 bits per heavy atom. The second kappa shape index (κ2) is 7.45. The second-order valence-corrected chi connectivity index (χ2v) is 6.74. The van der Waals surface area contributed by atoms with E-state index in [1.165, 1.54) is 0 Å². The van der Waals surface area contributed by atoms with Crippen molar-refractivity contribution in [1.82, 2.24) is 19.2 Å². The van der Waals surface area contributed by atoms with Crippen molar-refractivity contribution in [3.8, 4) is 0 Å². The van der Waals surface area contributed by atoms with Crippen LogP contribution in [0.5, 0.6) is 0 Å². The molecule has 2 amide bonds. The molecule has 0 atom stereocenters. The van der Waals surface area contributed by atoms with Crippen LogP contribution in [-0.2, 0) is 11.2 Å². The van der Waals surface area contributed by atoms with Gasteiger partial charge in [0.05, 0.1) is 11.3 Å². The molecule has 26 heavy (non-hydrogen) atoms. The molecule has 0 aliphatic carbocycles. The Balaban J connectivity index is 2.01. The predicted octanol–water partition coefficient (Wildman–Crippen LogP) is 1.66. The minimum Gasteiger partial charge on any atom is -0.336 e. The number of aromatic nitrogens is 2. The number of anilines is 1. The summed E-state index contributed by atoms with van der Waals surface area (Å²) < 4.78 is 1.88. The first-order valence-corrected chi connectivity index (χ1v) is 9.23. The standard InChI is InChI=1S/C19H27N5O2/c1-5-16-18(23(6-2)14(3)25)24-13-15(7-8-17(24)20-16)19(26)22-11-9-21(4)10-12-22/h7-8,13H,5-6,9-12H2,1-4H3. The Morgan fingerprint density at radius 3 is 2.42 bits per heavy atom. The summed E-state index contributed by atoms with van der Waals surface area (Å²) in [4.78, 5) is 35.5. The van der Waals surface area contributed by atoms with Gasteiger partial charge in [0.15, 0.2) is 0 Å². The van der Waals surface area contributed by atoms with Gasteiger partial charge in [-0.1, -0.05) is 6.92 Å². The summed E-state index contributed by atoms with van der Waals surface area (Å²) in [6, 6.07) is 3.69. The molecule has 0 saturated carbocycles. The normalized spacial score (nSPS) is 15.5. The van der Waals surface area contributed by atoms with Crippen LogP contribution in [0.1, 0.15) is 36.8 Å². The Labute approximate surface area is 154 Å². The summed E-state index contributed by atoms with van der Waals surface area (Å²) in [5.41, 5.74) is 2.25. The van der Waals surface area contributed by atoms with E-state index in [0.717, 1.165) is 49.8 Å². The van der Waals surface area contributed by atoms with Gasteiger partial charge in [-0.05, 0) is 32.5 Å². The van der Waals surface area contributed by atoms with Crippen LogP contribution < -0.4 is 4.90 Å². The van der Waals surface area contributed by atoms with Crippen LogP contribution >= 0.6 is 0 Å². The molecule has 0 unspecified atom stereocenters. The number of pyridine rings is 1. The molecule has 0 N–H and O–H groups in total. The van der Waals surface area contributed by atoms with E-state index in [2.05, 4.69) is 16.9 Å². The quantitative estimate of drug-likeness (QED) is 0.835. The monoisotopic (exact) mass is 357 g/mol. The summed E-state index contributed by atoms with van der Waals surface area (Å²) in [7, 11) is 2.07. The van der Waals surface area contributed by atoms with Crippen LogP contribution in [0.25, 0.3) is 5.65 Å². The van der Waals surface area contributed by atoms with E-state index in [-0.39, 0.29) is 11.8 Å². The number of fused-ring (bicyclic) bond motifs is 1. The zero-order valence-electron chi connectivity index (χ0n) is 16.0. The highest BCUT2D eigenvalue weighted by Crippen LogP contribution is 2.24. The Hall–Kier alpha value is -2.41. The van der Waals surface area contributed by atoms with Crippen molar-refractivity contribution in [1.29, 1.82) is 0 Å². The molecule has 7 heteroatoms. The van der Waals surface area contributed by atoms with Crippen LogP contribution in [0.4, 0.5) is 5.82 Å². The number of hydrogen-bond donors (Lipinski definition) is 0. The average Bonchev–Trinajstić information content (AvgIpc) is 3.00. The van der Waals surface area contributed by atoms with Crippen LogP contribution in [0.2, 0.25) is 0 Å². The fourth-order valence-electron chi connectivity index (χ4n) is 3.44. The van der Waals surface area contributed by atoms with Crippen molar-refractivity contribution in [2.45, 2.75) is 27.2 Å². The lowest BCUT2D eigenvalue weighted by atomic mass is 10.2. The largest absolute Gasteiger partial charge is 0.336 e. The van der Waals surface area contributed by atoms with Crippen molar-refractivity contribution in [2.75, 3.05) is 44.7 Å². The molecule has 2 aromatic rings. The number of imidazole rings is 1. The highest BCUT2D eigenvalue weighted by atomic mass is 16.2. The highest BCUT2D eigenvalue weighted by molar-refractivity contribution is 5.95. The maximum Gasteiger partial charge on any atom is 0.255 e. The van der Waals surface area contributed by atoms with Crippen LogP contribution in [0.15, 0.2) is 18.3 Å². The summed E-state index contributed by atoms with van der Waals surface area (Å²) in [5, 5.41) is 0. The zero-order chi connectivity index (χ0) is 18.8. The van der Waals surface area contributed by atoms with Gasteiger partial charge in [0.2, 0.25) is 5.91 Å². The fourth-order valence-corrected chi connectivity index (χ4v) is 3.44. The molecular formula is C19H27N5O2. The van der Waals surface area contributed by atoms with E-state index >= 15 is 0 Å². The van der Waals surface area contributed by atoms with Gasteiger partial charge in [-0.3, -0.25) is 18.9 Å². The summed E-state index contributed by atoms with van der Waals surface area (Å²) >= 11 is 0. The van der Waals surface area contributed by atoms with E-state index < -0.39 is 0 Å². The van der Waals surface area contributed by atoms with Crippen LogP contribution in [-0.4, -0.2) is 70.8 Å². The topological polar surface area (TPSA) is 61.2 Å². The number of carbonyl (C=O) groups excluding carboxylic acids is 2. The number of aryl methyl sites for hydroxylation is 1. The van der Waals surface area contributed by atoms with Gasteiger partial charge in [0.25, 0.3) is 5.91 Å². The minimum atomic E-state index is -0.0280. The van der Waals surface area contributed by atoms with Crippen molar-refractivity contribution >= 4 is 23.3 Å². The van der Waals surface area contributed by atoms with E-state index in [9.17, 15) is 9.59 Å². The molecule has 2 aromatic heterocycles. The fraction of sp³-hybridized carbons (Fsp3) is 0.526. The van der Waals surface area contributed by atoms with E-state index in [0.29, 0.717) is 12.1 Å². The van der Waals surface area contributed by atoms with Crippen molar-refractivity contribution in [2.24, 2.45) is 0 Å². The van der Waals surface area contributed by atoms with Crippen molar-refractivity contribution < 1.29 is 9.59 Å². The van der Waals surface area contributed by atoms with Gasteiger partial charge in [0.1, 0.15) is 11.5 Å². The summed E-state index contributed by atoms with van der Waals surface area (Å²) in [5.74, 6) is 0.772. The molecule has 7 nitrogen and oxygen atoms in total. The lowest BCUT2D eigenvalue weighted by Gasteiger charge is -2.32. The summed E-state index contributed by atoms with van der Waals surface area (Å²) in [6.07, 6.45) is 2.55. The molecule has 0 bridgehead atoms.